The molecule has 2 heterocycles. The first-order valence-electron chi connectivity index (χ1n) is 9.33. The molecule has 0 aliphatic heterocycles. The van der Waals surface area contributed by atoms with Crippen LogP contribution in [-0.2, 0) is 18.9 Å². The molecule has 0 aliphatic rings. The second-order valence-corrected chi connectivity index (χ2v) is 6.92. The summed E-state index contributed by atoms with van der Waals surface area (Å²) in [5, 5.41) is 15.6. The van der Waals surface area contributed by atoms with Crippen molar-refractivity contribution in [3.8, 4) is 5.69 Å². The van der Waals surface area contributed by atoms with E-state index < -0.39 is 36.2 Å². The van der Waals surface area contributed by atoms with Crippen molar-refractivity contribution in [2.75, 3.05) is 5.32 Å². The van der Waals surface area contributed by atoms with Crippen molar-refractivity contribution >= 4 is 22.6 Å². The Bertz CT molecular complexity index is 1310. The second-order valence-electron chi connectivity index (χ2n) is 6.92. The van der Waals surface area contributed by atoms with Crippen LogP contribution in [0.4, 0.5) is 36.8 Å². The number of halogens is 6. The number of hydrogen-bond donors (Lipinski definition) is 3. The zero-order valence-electron chi connectivity index (χ0n) is 16.4. The Balaban J connectivity index is 1.59. The summed E-state index contributed by atoms with van der Waals surface area (Å²) < 4.78 is 79.5. The van der Waals surface area contributed by atoms with Crippen LogP contribution in [0.3, 0.4) is 0 Å². The molecule has 0 unspecified atom stereocenters. The van der Waals surface area contributed by atoms with Crippen molar-refractivity contribution in [1.29, 1.82) is 0 Å². The van der Waals surface area contributed by atoms with E-state index in [4.69, 9.17) is 0 Å². The fourth-order valence-corrected chi connectivity index (χ4v) is 3.14. The summed E-state index contributed by atoms with van der Waals surface area (Å²) in [5.74, 6) is 0. The minimum atomic E-state index is -4.83. The van der Waals surface area contributed by atoms with E-state index in [2.05, 4.69) is 25.9 Å². The first-order chi connectivity index (χ1) is 15.5. The van der Waals surface area contributed by atoms with Gasteiger partial charge in [0.05, 0.1) is 40.9 Å². The minimum Gasteiger partial charge on any atom is -0.332 e. The van der Waals surface area contributed by atoms with Crippen molar-refractivity contribution in [2.45, 2.75) is 18.9 Å². The van der Waals surface area contributed by atoms with Crippen LogP contribution < -0.4 is 10.6 Å². The number of nitrogens with one attached hydrogen (secondary N) is 3. The molecule has 0 saturated heterocycles. The molecule has 33 heavy (non-hydrogen) atoms. The van der Waals surface area contributed by atoms with E-state index in [-0.39, 0.29) is 11.4 Å². The number of anilines is 1. The largest absolute Gasteiger partial charge is 0.435 e. The monoisotopic (exact) mass is 468 g/mol. The maximum absolute atomic E-state index is 13.2. The van der Waals surface area contributed by atoms with Crippen molar-refractivity contribution in [3.05, 3.63) is 71.7 Å². The van der Waals surface area contributed by atoms with Gasteiger partial charge in [-0.3, -0.25) is 5.10 Å². The number of carbonyl (C=O) groups excluding carboxylic acids is 1. The predicted molar refractivity (Wildman–Crippen MR) is 106 cm³/mol. The third-order valence-corrected chi connectivity index (χ3v) is 4.65. The van der Waals surface area contributed by atoms with Crippen LogP contribution in [0.2, 0.25) is 0 Å². The maximum atomic E-state index is 13.2. The zero-order valence-corrected chi connectivity index (χ0v) is 16.4. The molecule has 0 saturated carbocycles. The van der Waals surface area contributed by atoms with E-state index in [1.54, 1.807) is 18.2 Å². The fraction of sp³-hybridized carbons (Fsp3) is 0.150. The Labute approximate surface area is 181 Å². The number of alkyl halides is 6. The van der Waals surface area contributed by atoms with Gasteiger partial charge < -0.3 is 10.6 Å². The number of fused-ring (bicyclic) bond motifs is 1. The lowest BCUT2D eigenvalue weighted by molar-refractivity contribution is -0.141. The van der Waals surface area contributed by atoms with Gasteiger partial charge in [-0.25, -0.2) is 9.48 Å². The first-order valence-corrected chi connectivity index (χ1v) is 9.33. The molecule has 0 aliphatic carbocycles. The Hall–Kier alpha value is -4.03. The van der Waals surface area contributed by atoms with Gasteiger partial charge in [0.15, 0.2) is 5.69 Å². The van der Waals surface area contributed by atoms with E-state index in [1.807, 2.05) is 0 Å². The highest BCUT2D eigenvalue weighted by Gasteiger charge is 2.35. The summed E-state index contributed by atoms with van der Waals surface area (Å²) in [4.78, 5) is 12.3. The number of nitrogens with zero attached hydrogens (tertiary/aromatic N) is 3. The second kappa shape index (κ2) is 8.15. The van der Waals surface area contributed by atoms with Crippen LogP contribution in [0.25, 0.3) is 16.6 Å². The first kappa shape index (κ1) is 22.2. The van der Waals surface area contributed by atoms with Crippen LogP contribution in [0.1, 0.15) is 17.0 Å². The molecule has 13 heteroatoms. The van der Waals surface area contributed by atoms with Crippen LogP contribution in [-0.4, -0.2) is 26.0 Å². The highest BCUT2D eigenvalue weighted by Crippen LogP contribution is 2.32. The summed E-state index contributed by atoms with van der Waals surface area (Å²) in [6, 6.07) is 8.63. The van der Waals surface area contributed by atoms with Crippen molar-refractivity contribution in [3.63, 3.8) is 0 Å². The average Bonchev–Trinajstić information content (AvgIpc) is 3.39. The topological polar surface area (TPSA) is 87.6 Å². The predicted octanol–water partition coefficient (Wildman–Crippen LogP) is 5.11. The molecule has 2 aromatic heterocycles. The highest BCUT2D eigenvalue weighted by molar-refractivity contribution is 6.00. The Morgan fingerprint density at radius 1 is 1.00 bits per heavy atom. The molecule has 3 N–H and O–H groups in total. The van der Waals surface area contributed by atoms with Gasteiger partial charge in [0, 0.05) is 5.39 Å². The molecule has 0 bridgehead atoms. The standard InChI is InChI=1S/C20H14F6N6O/c21-19(22,23)11-3-1-4-12(7-11)32-13(8-17(31-32)20(24,25)26)9-27-18(33)29-15-5-2-6-16-14(15)10-28-30-16/h1-8,10H,9H2,(H,28,30)(H2,27,29,33). The van der Waals surface area contributed by atoms with Crippen LogP contribution in [0, 0.1) is 0 Å². The maximum Gasteiger partial charge on any atom is 0.435 e. The minimum absolute atomic E-state index is 0.168. The molecular formula is C20H14F6N6O. The normalized spacial score (nSPS) is 12.2. The lowest BCUT2D eigenvalue weighted by atomic mass is 10.2. The van der Waals surface area contributed by atoms with Gasteiger partial charge in [-0.2, -0.15) is 36.5 Å². The van der Waals surface area contributed by atoms with Gasteiger partial charge in [0.25, 0.3) is 0 Å². The van der Waals surface area contributed by atoms with Gasteiger partial charge in [0.1, 0.15) is 0 Å². The summed E-state index contributed by atoms with van der Waals surface area (Å²) in [7, 11) is 0. The quantitative estimate of drug-likeness (QED) is 0.364. The molecule has 0 spiro atoms. The van der Waals surface area contributed by atoms with E-state index in [0.717, 1.165) is 16.8 Å². The third-order valence-electron chi connectivity index (χ3n) is 4.65. The van der Waals surface area contributed by atoms with Gasteiger partial charge in [0.2, 0.25) is 0 Å². The molecule has 4 rings (SSSR count). The number of hydrogen-bond acceptors (Lipinski definition) is 3. The van der Waals surface area contributed by atoms with E-state index >= 15 is 0 Å². The number of carbonyl (C=O) groups is 1. The molecule has 0 atom stereocenters. The van der Waals surface area contributed by atoms with E-state index in [9.17, 15) is 31.1 Å². The van der Waals surface area contributed by atoms with Crippen molar-refractivity contribution < 1.29 is 31.1 Å². The van der Waals surface area contributed by atoms with Gasteiger partial charge in [-0.05, 0) is 36.4 Å². The molecular weight excluding hydrogens is 454 g/mol. The van der Waals surface area contributed by atoms with Crippen LogP contribution >= 0.6 is 0 Å². The molecule has 2 aromatic carbocycles. The third kappa shape index (κ3) is 4.76. The molecule has 4 aromatic rings. The van der Waals surface area contributed by atoms with Crippen molar-refractivity contribution in [1.82, 2.24) is 25.3 Å². The SMILES string of the molecule is O=C(NCc1cc(C(F)(F)F)nn1-c1cccc(C(F)(F)F)c1)Nc1cccc2[nH]ncc12. The van der Waals surface area contributed by atoms with Gasteiger partial charge in [-0.15, -0.1) is 0 Å². The number of aromatic amines is 1. The smallest absolute Gasteiger partial charge is 0.332 e. The van der Waals surface area contributed by atoms with Gasteiger partial charge >= 0.3 is 18.4 Å². The molecule has 0 fully saturated rings. The Morgan fingerprint density at radius 3 is 2.48 bits per heavy atom. The number of benzene rings is 2. The Morgan fingerprint density at radius 2 is 1.76 bits per heavy atom. The summed E-state index contributed by atoms with van der Waals surface area (Å²) in [6.07, 6.45) is -8.04. The molecule has 2 amide bonds. The highest BCUT2D eigenvalue weighted by atomic mass is 19.4. The van der Waals surface area contributed by atoms with Crippen LogP contribution in [0.5, 0.6) is 0 Å². The van der Waals surface area contributed by atoms with Crippen molar-refractivity contribution in [2.24, 2.45) is 0 Å². The fourth-order valence-electron chi connectivity index (χ4n) is 3.14. The van der Waals surface area contributed by atoms with E-state index in [1.165, 1.54) is 12.3 Å². The molecule has 7 nitrogen and oxygen atoms in total. The number of H-pyrrole nitrogens is 1. The number of amides is 2. The number of rotatable bonds is 4. The summed E-state index contributed by atoms with van der Waals surface area (Å²) in [6.45, 7) is -0.438. The Kier molecular flexibility index (Phi) is 5.47. The lowest BCUT2D eigenvalue weighted by Gasteiger charge is -2.12. The molecule has 172 valence electrons. The van der Waals surface area contributed by atoms with Gasteiger partial charge in [-0.1, -0.05) is 12.1 Å². The lowest BCUT2D eigenvalue weighted by Crippen LogP contribution is -2.29. The van der Waals surface area contributed by atoms with E-state index in [0.29, 0.717) is 28.7 Å². The summed E-state index contributed by atoms with van der Waals surface area (Å²) >= 11 is 0. The average molecular weight is 468 g/mol. The van der Waals surface area contributed by atoms with Crippen LogP contribution in [0.15, 0.2) is 54.7 Å². The number of urea groups is 1. The molecule has 0 radical (unpaired) electrons. The zero-order chi connectivity index (χ0) is 23.8. The number of aromatic nitrogens is 4. The summed E-state index contributed by atoms with van der Waals surface area (Å²) in [5.41, 5.74) is -1.69.